The summed E-state index contributed by atoms with van der Waals surface area (Å²) in [6.45, 7) is 2.48. The number of carbonyl (C=O) groups is 1. The molecular weight excluding hydrogens is 407 g/mol. The maximum Gasteiger partial charge on any atom is 0.328 e. The standard InChI is InChI=1S/C18H17IO4/c1-12-3-5-13(6-4-12)11-23-18-15(19)9-14(7-8-17(20)21)10-16(18)22-2/h3-10H,11H2,1-2H3,(H,20,21). The largest absolute Gasteiger partial charge is 0.493 e. The molecule has 23 heavy (non-hydrogen) atoms. The Balaban J connectivity index is 2.20. The number of hydrogen-bond acceptors (Lipinski definition) is 3. The van der Waals surface area contributed by atoms with Gasteiger partial charge in [0.05, 0.1) is 10.7 Å². The van der Waals surface area contributed by atoms with Gasteiger partial charge in [-0.05, 0) is 58.9 Å². The van der Waals surface area contributed by atoms with Crippen molar-refractivity contribution >= 4 is 34.6 Å². The minimum atomic E-state index is -0.987. The lowest BCUT2D eigenvalue weighted by Gasteiger charge is -2.14. The van der Waals surface area contributed by atoms with Crippen LogP contribution in [-0.4, -0.2) is 18.2 Å². The summed E-state index contributed by atoms with van der Waals surface area (Å²) < 4.78 is 12.1. The van der Waals surface area contributed by atoms with Crippen LogP contribution in [0, 0.1) is 10.5 Å². The first kappa shape index (κ1) is 17.3. The number of hydrogen-bond donors (Lipinski definition) is 1. The number of rotatable bonds is 6. The highest BCUT2D eigenvalue weighted by Crippen LogP contribution is 2.35. The molecule has 5 heteroatoms. The summed E-state index contributed by atoms with van der Waals surface area (Å²) in [7, 11) is 1.56. The van der Waals surface area contributed by atoms with Gasteiger partial charge in [0, 0.05) is 6.08 Å². The summed E-state index contributed by atoms with van der Waals surface area (Å²) in [5, 5.41) is 8.71. The number of carboxylic acid groups (broad SMARTS) is 1. The van der Waals surface area contributed by atoms with E-state index in [1.54, 1.807) is 13.2 Å². The number of aliphatic carboxylic acids is 1. The molecule has 0 bridgehead atoms. The molecule has 0 amide bonds. The number of ether oxygens (including phenoxy) is 2. The Hall–Kier alpha value is -2.02. The van der Waals surface area contributed by atoms with E-state index >= 15 is 0 Å². The van der Waals surface area contributed by atoms with Crippen LogP contribution < -0.4 is 9.47 Å². The van der Waals surface area contributed by atoms with Crippen molar-refractivity contribution in [1.29, 1.82) is 0 Å². The van der Waals surface area contributed by atoms with E-state index in [0.717, 1.165) is 20.8 Å². The van der Waals surface area contributed by atoms with Crippen molar-refractivity contribution in [3.05, 3.63) is 62.7 Å². The Morgan fingerprint density at radius 1 is 1.26 bits per heavy atom. The van der Waals surface area contributed by atoms with Crippen LogP contribution in [0.1, 0.15) is 16.7 Å². The third kappa shape index (κ3) is 4.99. The summed E-state index contributed by atoms with van der Waals surface area (Å²) in [4.78, 5) is 10.6. The minimum Gasteiger partial charge on any atom is -0.493 e. The minimum absolute atomic E-state index is 0.441. The van der Waals surface area contributed by atoms with Gasteiger partial charge < -0.3 is 14.6 Å². The quantitative estimate of drug-likeness (QED) is 0.556. The third-order valence-electron chi connectivity index (χ3n) is 3.17. The molecular formula is C18H17IO4. The molecule has 0 aliphatic heterocycles. The first-order valence-electron chi connectivity index (χ1n) is 6.96. The van der Waals surface area contributed by atoms with Crippen molar-refractivity contribution in [2.75, 3.05) is 7.11 Å². The highest BCUT2D eigenvalue weighted by atomic mass is 127. The lowest BCUT2D eigenvalue weighted by Crippen LogP contribution is -2.00. The summed E-state index contributed by atoms with van der Waals surface area (Å²) >= 11 is 2.15. The van der Waals surface area contributed by atoms with E-state index in [1.807, 2.05) is 37.3 Å². The number of halogens is 1. The zero-order chi connectivity index (χ0) is 16.8. The summed E-state index contributed by atoms with van der Waals surface area (Å²) in [5.41, 5.74) is 3.02. The molecule has 0 saturated heterocycles. The fourth-order valence-corrected chi connectivity index (χ4v) is 2.76. The van der Waals surface area contributed by atoms with E-state index in [1.165, 1.54) is 11.6 Å². The monoisotopic (exact) mass is 424 g/mol. The van der Waals surface area contributed by atoms with E-state index in [-0.39, 0.29) is 0 Å². The predicted octanol–water partition coefficient (Wildman–Crippen LogP) is 4.29. The zero-order valence-corrected chi connectivity index (χ0v) is 15.0. The number of methoxy groups -OCH3 is 1. The van der Waals surface area contributed by atoms with Gasteiger partial charge in [0.2, 0.25) is 0 Å². The van der Waals surface area contributed by atoms with Gasteiger partial charge in [-0.15, -0.1) is 0 Å². The number of aryl methyl sites for hydroxylation is 1. The summed E-state index contributed by atoms with van der Waals surface area (Å²) in [5.74, 6) is 0.244. The molecule has 1 N–H and O–H groups in total. The smallest absolute Gasteiger partial charge is 0.328 e. The molecule has 4 nitrogen and oxygen atoms in total. The molecule has 0 unspecified atom stereocenters. The molecule has 0 aliphatic rings. The molecule has 2 rings (SSSR count). The molecule has 0 fully saturated rings. The predicted molar refractivity (Wildman–Crippen MR) is 97.9 cm³/mol. The SMILES string of the molecule is COc1cc(C=CC(=O)O)cc(I)c1OCc1ccc(C)cc1. The van der Waals surface area contributed by atoms with Crippen molar-refractivity contribution < 1.29 is 19.4 Å². The van der Waals surface area contributed by atoms with Crippen molar-refractivity contribution in [1.82, 2.24) is 0 Å². The molecule has 0 aromatic heterocycles. The Morgan fingerprint density at radius 3 is 2.57 bits per heavy atom. The molecule has 0 aliphatic carbocycles. The van der Waals surface area contributed by atoms with Gasteiger partial charge in [-0.1, -0.05) is 29.8 Å². The van der Waals surface area contributed by atoms with Gasteiger partial charge in [0.1, 0.15) is 6.61 Å². The van der Waals surface area contributed by atoms with E-state index < -0.39 is 5.97 Å². The fraction of sp³-hybridized carbons (Fsp3) is 0.167. The zero-order valence-electron chi connectivity index (χ0n) is 12.9. The first-order valence-corrected chi connectivity index (χ1v) is 8.04. The second-order valence-corrected chi connectivity index (χ2v) is 6.14. The fourth-order valence-electron chi connectivity index (χ4n) is 1.98. The van der Waals surface area contributed by atoms with Crippen LogP contribution in [0.15, 0.2) is 42.5 Å². The average molecular weight is 424 g/mol. The Morgan fingerprint density at radius 2 is 1.96 bits per heavy atom. The van der Waals surface area contributed by atoms with Crippen LogP contribution in [0.25, 0.3) is 6.08 Å². The molecule has 2 aromatic carbocycles. The topological polar surface area (TPSA) is 55.8 Å². The van der Waals surface area contributed by atoms with Crippen molar-refractivity contribution in [3.63, 3.8) is 0 Å². The van der Waals surface area contributed by atoms with Gasteiger partial charge in [0.25, 0.3) is 0 Å². The molecule has 0 heterocycles. The van der Waals surface area contributed by atoms with Gasteiger partial charge in [-0.25, -0.2) is 4.79 Å². The first-order chi connectivity index (χ1) is 11.0. The van der Waals surface area contributed by atoms with Crippen LogP contribution in [-0.2, 0) is 11.4 Å². The van der Waals surface area contributed by atoms with Crippen LogP contribution in [0.5, 0.6) is 11.5 Å². The Kier molecular flexibility index (Phi) is 6.04. The number of carboxylic acids is 1. The summed E-state index contributed by atoms with van der Waals surface area (Å²) in [6.07, 6.45) is 2.62. The van der Waals surface area contributed by atoms with E-state index in [0.29, 0.717) is 18.1 Å². The lowest BCUT2D eigenvalue weighted by molar-refractivity contribution is -0.131. The van der Waals surface area contributed by atoms with E-state index in [4.69, 9.17) is 14.6 Å². The van der Waals surface area contributed by atoms with Gasteiger partial charge in [0.15, 0.2) is 11.5 Å². The molecule has 0 atom stereocenters. The van der Waals surface area contributed by atoms with E-state index in [2.05, 4.69) is 22.6 Å². The normalized spacial score (nSPS) is 10.7. The van der Waals surface area contributed by atoms with Crippen LogP contribution in [0.4, 0.5) is 0 Å². The third-order valence-corrected chi connectivity index (χ3v) is 3.98. The van der Waals surface area contributed by atoms with Crippen molar-refractivity contribution in [3.8, 4) is 11.5 Å². The molecule has 0 spiro atoms. The lowest BCUT2D eigenvalue weighted by atomic mass is 10.1. The van der Waals surface area contributed by atoms with Crippen LogP contribution >= 0.6 is 22.6 Å². The van der Waals surface area contributed by atoms with Crippen molar-refractivity contribution in [2.24, 2.45) is 0 Å². The van der Waals surface area contributed by atoms with Crippen LogP contribution in [0.3, 0.4) is 0 Å². The van der Waals surface area contributed by atoms with Crippen molar-refractivity contribution in [2.45, 2.75) is 13.5 Å². The maximum atomic E-state index is 10.6. The molecule has 0 saturated carbocycles. The molecule has 0 radical (unpaired) electrons. The Labute approximate surface area is 148 Å². The van der Waals surface area contributed by atoms with E-state index in [9.17, 15) is 4.79 Å². The number of benzene rings is 2. The van der Waals surface area contributed by atoms with Gasteiger partial charge >= 0.3 is 5.97 Å². The second-order valence-electron chi connectivity index (χ2n) is 4.98. The van der Waals surface area contributed by atoms with Gasteiger partial charge in [-0.3, -0.25) is 0 Å². The molecule has 2 aromatic rings. The van der Waals surface area contributed by atoms with Gasteiger partial charge in [-0.2, -0.15) is 0 Å². The van der Waals surface area contributed by atoms with Crippen LogP contribution in [0.2, 0.25) is 0 Å². The molecule has 120 valence electrons. The maximum absolute atomic E-state index is 10.6. The highest BCUT2D eigenvalue weighted by molar-refractivity contribution is 14.1. The second kappa shape index (κ2) is 8.01. The summed E-state index contributed by atoms with van der Waals surface area (Å²) in [6, 6.07) is 11.7. The average Bonchev–Trinajstić information content (AvgIpc) is 2.53. The highest BCUT2D eigenvalue weighted by Gasteiger charge is 2.11. The Bertz CT molecular complexity index is 721.